The van der Waals surface area contributed by atoms with Gasteiger partial charge in [0.2, 0.25) is 5.91 Å². The first-order valence-electron chi connectivity index (χ1n) is 7.79. The molecule has 21 heavy (non-hydrogen) atoms. The van der Waals surface area contributed by atoms with Crippen LogP contribution in [0.3, 0.4) is 0 Å². The minimum absolute atomic E-state index is 0. The van der Waals surface area contributed by atoms with Crippen LogP contribution in [0.4, 0.5) is 0 Å². The number of morpholine rings is 1. The van der Waals surface area contributed by atoms with Crippen molar-refractivity contribution in [2.45, 2.75) is 57.9 Å². The van der Waals surface area contributed by atoms with Crippen molar-refractivity contribution in [3.63, 3.8) is 0 Å². The van der Waals surface area contributed by atoms with Crippen molar-refractivity contribution in [2.24, 2.45) is 11.3 Å². The molecule has 0 aromatic heterocycles. The predicted molar refractivity (Wildman–Crippen MR) is 82.6 cm³/mol. The minimum Gasteiger partial charge on any atom is -0.377 e. The van der Waals surface area contributed by atoms with Crippen molar-refractivity contribution in [1.82, 2.24) is 10.6 Å². The zero-order chi connectivity index (χ0) is 14.3. The average molecular weight is 319 g/mol. The second-order valence-corrected chi connectivity index (χ2v) is 6.91. The van der Waals surface area contributed by atoms with Gasteiger partial charge in [0.25, 0.3) is 0 Å². The normalized spacial score (nSPS) is 41.2. The molecule has 6 heteroatoms. The largest absolute Gasteiger partial charge is 0.377 e. The van der Waals surface area contributed by atoms with E-state index < -0.39 is 0 Å². The summed E-state index contributed by atoms with van der Waals surface area (Å²) in [7, 11) is 0. The number of carbonyl (C=O) groups excluding carboxylic acids is 1. The van der Waals surface area contributed by atoms with E-state index in [1.807, 2.05) is 6.92 Å². The molecule has 0 radical (unpaired) electrons. The number of hydrogen-bond donors (Lipinski definition) is 2. The number of halogens is 1. The Labute approximate surface area is 132 Å². The van der Waals surface area contributed by atoms with E-state index in [2.05, 4.69) is 24.5 Å². The third kappa shape index (κ3) is 2.93. The van der Waals surface area contributed by atoms with Crippen LogP contribution in [0.5, 0.6) is 0 Å². The fourth-order valence-electron chi connectivity index (χ4n) is 4.09. The molecule has 2 aliphatic heterocycles. The van der Waals surface area contributed by atoms with Gasteiger partial charge in [-0.3, -0.25) is 4.79 Å². The van der Waals surface area contributed by atoms with E-state index >= 15 is 0 Å². The van der Waals surface area contributed by atoms with Crippen LogP contribution in [0.2, 0.25) is 0 Å². The number of fused-ring (bicyclic) bond motifs is 1. The van der Waals surface area contributed by atoms with Gasteiger partial charge >= 0.3 is 0 Å². The van der Waals surface area contributed by atoms with Gasteiger partial charge in [-0.1, -0.05) is 13.8 Å². The second-order valence-electron chi connectivity index (χ2n) is 6.91. The Morgan fingerprint density at radius 2 is 2.05 bits per heavy atom. The van der Waals surface area contributed by atoms with Crippen LogP contribution in [-0.4, -0.2) is 50.0 Å². The van der Waals surface area contributed by atoms with Gasteiger partial charge in [-0.25, -0.2) is 0 Å². The highest BCUT2D eigenvalue weighted by atomic mass is 35.5. The molecule has 2 heterocycles. The van der Waals surface area contributed by atoms with Crippen molar-refractivity contribution in [2.75, 3.05) is 19.8 Å². The van der Waals surface area contributed by atoms with Gasteiger partial charge in [-0.2, -0.15) is 0 Å². The van der Waals surface area contributed by atoms with Gasteiger partial charge in [0.15, 0.2) is 0 Å². The topological polar surface area (TPSA) is 59.6 Å². The maximum atomic E-state index is 12.5. The summed E-state index contributed by atoms with van der Waals surface area (Å²) in [6.45, 7) is 8.62. The van der Waals surface area contributed by atoms with Gasteiger partial charge in [-0.15, -0.1) is 12.4 Å². The fourth-order valence-corrected chi connectivity index (χ4v) is 4.09. The Bertz CT molecular complexity index is 391. The Morgan fingerprint density at radius 1 is 1.29 bits per heavy atom. The summed E-state index contributed by atoms with van der Waals surface area (Å²) in [6.07, 6.45) is 2.49. The molecule has 0 aromatic rings. The molecule has 2 N–H and O–H groups in total. The SMILES string of the molecule is C[C@H]1OCCN[C@@H]1C(=O)NC1C2CCCOC2C1(C)C.Cl. The molecule has 1 aliphatic carbocycles. The van der Waals surface area contributed by atoms with E-state index in [9.17, 15) is 4.79 Å². The van der Waals surface area contributed by atoms with Crippen molar-refractivity contribution in [3.8, 4) is 0 Å². The van der Waals surface area contributed by atoms with Crippen LogP contribution < -0.4 is 10.6 Å². The van der Waals surface area contributed by atoms with Crippen molar-refractivity contribution >= 4 is 18.3 Å². The van der Waals surface area contributed by atoms with Crippen molar-refractivity contribution in [1.29, 1.82) is 0 Å². The maximum absolute atomic E-state index is 12.5. The smallest absolute Gasteiger partial charge is 0.240 e. The minimum atomic E-state index is -0.233. The van der Waals surface area contributed by atoms with E-state index in [-0.39, 0.29) is 41.9 Å². The Morgan fingerprint density at radius 3 is 2.76 bits per heavy atom. The van der Waals surface area contributed by atoms with Crippen LogP contribution in [-0.2, 0) is 14.3 Å². The molecule has 3 fully saturated rings. The number of ether oxygens (including phenoxy) is 2. The summed E-state index contributed by atoms with van der Waals surface area (Å²) in [5, 5.41) is 6.50. The molecule has 3 aliphatic rings. The maximum Gasteiger partial charge on any atom is 0.240 e. The molecule has 3 unspecified atom stereocenters. The van der Waals surface area contributed by atoms with E-state index in [4.69, 9.17) is 9.47 Å². The molecular weight excluding hydrogens is 292 g/mol. The second kappa shape index (κ2) is 6.41. The zero-order valence-electron chi connectivity index (χ0n) is 13.1. The van der Waals surface area contributed by atoms with Crippen molar-refractivity contribution < 1.29 is 14.3 Å². The molecule has 122 valence electrons. The highest BCUT2D eigenvalue weighted by molar-refractivity contribution is 5.85. The monoisotopic (exact) mass is 318 g/mol. The Hall–Kier alpha value is -0.360. The molecule has 2 saturated heterocycles. The van der Waals surface area contributed by atoms with Crippen LogP contribution in [0.15, 0.2) is 0 Å². The lowest BCUT2D eigenvalue weighted by molar-refractivity contribution is -0.194. The fraction of sp³-hybridized carbons (Fsp3) is 0.933. The molecule has 0 spiro atoms. The average Bonchev–Trinajstić information content (AvgIpc) is 2.45. The molecule has 1 saturated carbocycles. The van der Waals surface area contributed by atoms with E-state index in [0.29, 0.717) is 18.6 Å². The number of nitrogens with one attached hydrogen (secondary N) is 2. The van der Waals surface area contributed by atoms with Gasteiger partial charge < -0.3 is 20.1 Å². The number of hydrogen-bond acceptors (Lipinski definition) is 4. The van der Waals surface area contributed by atoms with E-state index in [1.165, 1.54) is 0 Å². The molecule has 3 rings (SSSR count). The molecule has 0 aromatic carbocycles. The highest BCUT2D eigenvalue weighted by Crippen LogP contribution is 2.51. The summed E-state index contributed by atoms with van der Waals surface area (Å²) in [5.74, 6) is 0.543. The number of amides is 1. The molecular formula is C15H27ClN2O3. The van der Waals surface area contributed by atoms with E-state index in [0.717, 1.165) is 26.0 Å². The lowest BCUT2D eigenvalue weighted by Crippen LogP contribution is -2.71. The molecule has 5 nitrogen and oxygen atoms in total. The standard InChI is InChI=1S/C15H26N2O3.ClH/c1-9-11(16-6-8-19-9)14(18)17-12-10-5-4-7-20-13(10)15(12,2)3;/h9-13,16H,4-8H2,1-3H3,(H,17,18);1H/t9-,10?,11+,12?,13?;/m1./s1. The quantitative estimate of drug-likeness (QED) is 0.800. The Balaban J connectivity index is 0.00000161. The van der Waals surface area contributed by atoms with Gasteiger partial charge in [0.1, 0.15) is 6.04 Å². The Kier molecular flexibility index (Phi) is 5.19. The van der Waals surface area contributed by atoms with Gasteiger partial charge in [-0.05, 0) is 19.8 Å². The summed E-state index contributed by atoms with van der Waals surface area (Å²) in [6, 6.07) is -0.0145. The van der Waals surface area contributed by atoms with Crippen molar-refractivity contribution in [3.05, 3.63) is 0 Å². The van der Waals surface area contributed by atoms with Gasteiger partial charge in [0.05, 0.1) is 18.8 Å². The zero-order valence-corrected chi connectivity index (χ0v) is 13.9. The third-order valence-electron chi connectivity index (χ3n) is 5.23. The highest BCUT2D eigenvalue weighted by Gasteiger charge is 2.58. The first-order chi connectivity index (χ1) is 9.51. The number of rotatable bonds is 2. The summed E-state index contributed by atoms with van der Waals surface area (Å²) in [5.41, 5.74) is 0.0273. The first-order valence-corrected chi connectivity index (χ1v) is 7.79. The number of carbonyl (C=O) groups is 1. The van der Waals surface area contributed by atoms with Crippen LogP contribution in [0, 0.1) is 11.3 Å². The lowest BCUT2D eigenvalue weighted by Gasteiger charge is -2.60. The van der Waals surface area contributed by atoms with Crippen LogP contribution in [0.25, 0.3) is 0 Å². The lowest BCUT2D eigenvalue weighted by atomic mass is 9.55. The predicted octanol–water partition coefficient (Wildman–Crippen LogP) is 1.10. The third-order valence-corrected chi connectivity index (χ3v) is 5.23. The van der Waals surface area contributed by atoms with E-state index in [1.54, 1.807) is 0 Å². The van der Waals surface area contributed by atoms with Gasteiger partial charge in [0, 0.05) is 30.5 Å². The summed E-state index contributed by atoms with van der Waals surface area (Å²) < 4.78 is 11.4. The first kappa shape index (κ1) is 17.0. The summed E-state index contributed by atoms with van der Waals surface area (Å²) in [4.78, 5) is 12.5. The molecule has 0 bridgehead atoms. The van der Waals surface area contributed by atoms with Crippen LogP contribution >= 0.6 is 12.4 Å². The molecule has 1 amide bonds. The molecule has 5 atom stereocenters. The van der Waals surface area contributed by atoms with Crippen LogP contribution in [0.1, 0.15) is 33.6 Å². The summed E-state index contributed by atoms with van der Waals surface area (Å²) >= 11 is 0.